The van der Waals surface area contributed by atoms with Gasteiger partial charge in [-0.1, -0.05) is 0 Å². The molecule has 2 amide bonds. The van der Waals surface area contributed by atoms with E-state index in [1.54, 1.807) is 6.92 Å². The van der Waals surface area contributed by atoms with E-state index in [1.807, 2.05) is 0 Å². The van der Waals surface area contributed by atoms with Gasteiger partial charge in [0.15, 0.2) is 0 Å². The number of nitrogens with one attached hydrogen (secondary N) is 2. The van der Waals surface area contributed by atoms with E-state index in [9.17, 15) is 9.59 Å². The standard InChI is InChI=1S/C8H14N2O3/c1-5(11)4-9-6-2-3-7(12)10-8(6)13/h5-6,9,11H,2-4H2,1H3,(H,10,12,13)/t5-,6?/m1/s1. The minimum atomic E-state index is -0.481. The maximum Gasteiger partial charge on any atom is 0.243 e. The van der Waals surface area contributed by atoms with E-state index >= 15 is 0 Å². The van der Waals surface area contributed by atoms with Crippen LogP contribution in [0.3, 0.4) is 0 Å². The van der Waals surface area contributed by atoms with Gasteiger partial charge >= 0.3 is 0 Å². The quantitative estimate of drug-likeness (QED) is 0.482. The molecule has 1 aliphatic rings. The number of rotatable bonds is 3. The molecule has 3 N–H and O–H groups in total. The molecule has 2 atom stereocenters. The van der Waals surface area contributed by atoms with Gasteiger partial charge in [-0.15, -0.1) is 0 Å². The first-order chi connectivity index (χ1) is 6.09. The molecule has 0 radical (unpaired) electrons. The summed E-state index contributed by atoms with van der Waals surface area (Å²) in [6.07, 6.45) is 0.395. The van der Waals surface area contributed by atoms with Crippen molar-refractivity contribution in [3.63, 3.8) is 0 Å². The lowest BCUT2D eigenvalue weighted by atomic mass is 10.1. The van der Waals surface area contributed by atoms with Crippen molar-refractivity contribution in [3.05, 3.63) is 0 Å². The van der Waals surface area contributed by atoms with E-state index in [1.165, 1.54) is 0 Å². The van der Waals surface area contributed by atoms with Gasteiger partial charge < -0.3 is 10.4 Å². The Morgan fingerprint density at radius 3 is 2.92 bits per heavy atom. The lowest BCUT2D eigenvalue weighted by Gasteiger charge is -2.22. The Balaban J connectivity index is 2.34. The van der Waals surface area contributed by atoms with Crippen LogP contribution in [-0.4, -0.2) is 35.6 Å². The van der Waals surface area contributed by atoms with Crippen molar-refractivity contribution in [1.29, 1.82) is 0 Å². The lowest BCUT2D eigenvalue weighted by molar-refractivity contribution is -0.134. The number of piperidine rings is 1. The molecule has 0 aliphatic carbocycles. The van der Waals surface area contributed by atoms with Crippen LogP contribution >= 0.6 is 0 Å². The zero-order chi connectivity index (χ0) is 9.84. The second-order valence-corrected chi connectivity index (χ2v) is 3.26. The molecule has 1 aliphatic heterocycles. The fourth-order valence-corrected chi connectivity index (χ4v) is 1.20. The van der Waals surface area contributed by atoms with Crippen LogP contribution in [0.4, 0.5) is 0 Å². The summed E-state index contributed by atoms with van der Waals surface area (Å²) in [6, 6.07) is -0.340. The molecule has 5 heteroatoms. The second kappa shape index (κ2) is 4.34. The third kappa shape index (κ3) is 3.12. The number of imide groups is 1. The van der Waals surface area contributed by atoms with Crippen molar-refractivity contribution >= 4 is 11.8 Å². The summed E-state index contributed by atoms with van der Waals surface area (Å²) in [4.78, 5) is 21.9. The third-order valence-corrected chi connectivity index (χ3v) is 1.90. The normalized spacial score (nSPS) is 25.5. The molecule has 0 spiro atoms. The van der Waals surface area contributed by atoms with Crippen LogP contribution in [0.15, 0.2) is 0 Å². The van der Waals surface area contributed by atoms with Crippen molar-refractivity contribution in [2.75, 3.05) is 6.54 Å². The number of carbonyl (C=O) groups excluding carboxylic acids is 2. The van der Waals surface area contributed by atoms with Gasteiger partial charge in [-0.2, -0.15) is 0 Å². The summed E-state index contributed by atoms with van der Waals surface area (Å²) in [5, 5.41) is 14.1. The van der Waals surface area contributed by atoms with E-state index in [0.29, 0.717) is 19.4 Å². The highest BCUT2D eigenvalue weighted by Gasteiger charge is 2.25. The van der Waals surface area contributed by atoms with E-state index in [4.69, 9.17) is 5.11 Å². The Labute approximate surface area is 76.5 Å². The Bertz CT molecular complexity index is 215. The molecule has 1 saturated heterocycles. The van der Waals surface area contributed by atoms with Crippen LogP contribution in [0, 0.1) is 0 Å². The summed E-state index contributed by atoms with van der Waals surface area (Å²) in [7, 11) is 0. The van der Waals surface area contributed by atoms with Gasteiger partial charge in [0.05, 0.1) is 12.1 Å². The predicted molar refractivity (Wildman–Crippen MR) is 45.9 cm³/mol. The van der Waals surface area contributed by atoms with E-state index in [2.05, 4.69) is 10.6 Å². The van der Waals surface area contributed by atoms with Gasteiger partial charge in [-0.05, 0) is 13.3 Å². The Morgan fingerprint density at radius 1 is 1.69 bits per heavy atom. The first-order valence-corrected chi connectivity index (χ1v) is 4.34. The van der Waals surface area contributed by atoms with Crippen molar-refractivity contribution < 1.29 is 14.7 Å². The van der Waals surface area contributed by atoms with E-state index in [0.717, 1.165) is 0 Å². The van der Waals surface area contributed by atoms with Crippen LogP contribution in [0.2, 0.25) is 0 Å². The van der Waals surface area contributed by atoms with Gasteiger partial charge in [0.2, 0.25) is 11.8 Å². The Kier molecular flexibility index (Phi) is 3.39. The Morgan fingerprint density at radius 2 is 2.38 bits per heavy atom. The highest BCUT2D eigenvalue weighted by molar-refractivity contribution is 6.00. The molecule has 1 unspecified atom stereocenters. The third-order valence-electron chi connectivity index (χ3n) is 1.90. The van der Waals surface area contributed by atoms with Crippen LogP contribution in [-0.2, 0) is 9.59 Å². The van der Waals surface area contributed by atoms with Crippen molar-refractivity contribution in [1.82, 2.24) is 10.6 Å². The van der Waals surface area contributed by atoms with Crippen molar-refractivity contribution in [2.45, 2.75) is 31.9 Å². The molecule has 5 nitrogen and oxygen atoms in total. The summed E-state index contributed by atoms with van der Waals surface area (Å²) < 4.78 is 0. The van der Waals surface area contributed by atoms with E-state index < -0.39 is 6.10 Å². The molecule has 1 heterocycles. The van der Waals surface area contributed by atoms with Crippen LogP contribution in [0.1, 0.15) is 19.8 Å². The zero-order valence-corrected chi connectivity index (χ0v) is 7.54. The molecular weight excluding hydrogens is 172 g/mol. The highest BCUT2D eigenvalue weighted by Crippen LogP contribution is 2.03. The number of hydrogen-bond donors (Lipinski definition) is 3. The van der Waals surface area contributed by atoms with E-state index in [-0.39, 0.29) is 17.9 Å². The molecule has 0 aromatic carbocycles. The maximum atomic E-state index is 11.1. The van der Waals surface area contributed by atoms with Gasteiger partial charge in [0.1, 0.15) is 0 Å². The average molecular weight is 186 g/mol. The minimum absolute atomic E-state index is 0.222. The van der Waals surface area contributed by atoms with Gasteiger partial charge in [0.25, 0.3) is 0 Å². The van der Waals surface area contributed by atoms with Gasteiger partial charge in [-0.25, -0.2) is 0 Å². The lowest BCUT2D eigenvalue weighted by Crippen LogP contribution is -2.51. The molecule has 74 valence electrons. The van der Waals surface area contributed by atoms with Crippen LogP contribution in [0.5, 0.6) is 0 Å². The number of carbonyl (C=O) groups is 2. The molecule has 0 saturated carbocycles. The monoisotopic (exact) mass is 186 g/mol. The van der Waals surface area contributed by atoms with Crippen LogP contribution in [0.25, 0.3) is 0 Å². The molecule has 0 aromatic rings. The summed E-state index contributed by atoms with van der Waals surface area (Å²) in [5.41, 5.74) is 0. The first kappa shape index (κ1) is 10.1. The molecule has 1 fully saturated rings. The fraction of sp³-hybridized carbons (Fsp3) is 0.750. The maximum absolute atomic E-state index is 11.1. The highest BCUT2D eigenvalue weighted by atomic mass is 16.3. The molecule has 1 rings (SSSR count). The number of amides is 2. The van der Waals surface area contributed by atoms with Crippen molar-refractivity contribution in [3.8, 4) is 0 Å². The van der Waals surface area contributed by atoms with Crippen LogP contribution < -0.4 is 10.6 Å². The molecule has 0 aromatic heterocycles. The summed E-state index contributed by atoms with van der Waals surface area (Å²) in [5.74, 6) is -0.517. The second-order valence-electron chi connectivity index (χ2n) is 3.26. The SMILES string of the molecule is C[C@@H](O)CNC1CCC(=O)NC1=O. The zero-order valence-electron chi connectivity index (χ0n) is 7.54. The summed E-state index contributed by atoms with van der Waals surface area (Å²) in [6.45, 7) is 2.01. The van der Waals surface area contributed by atoms with Crippen molar-refractivity contribution in [2.24, 2.45) is 0 Å². The number of aliphatic hydroxyl groups is 1. The van der Waals surface area contributed by atoms with Gasteiger partial charge in [-0.3, -0.25) is 14.9 Å². The largest absolute Gasteiger partial charge is 0.392 e. The topological polar surface area (TPSA) is 78.4 Å². The predicted octanol–water partition coefficient (Wildman–Crippen LogP) is -1.24. The fourth-order valence-electron chi connectivity index (χ4n) is 1.20. The van der Waals surface area contributed by atoms with Gasteiger partial charge in [0, 0.05) is 13.0 Å². The Hall–Kier alpha value is -0.940. The summed E-state index contributed by atoms with van der Waals surface area (Å²) >= 11 is 0. The number of aliphatic hydroxyl groups excluding tert-OH is 1. The molecule has 13 heavy (non-hydrogen) atoms. The first-order valence-electron chi connectivity index (χ1n) is 4.34. The molecular formula is C8H14N2O3. The smallest absolute Gasteiger partial charge is 0.243 e. The molecule has 0 bridgehead atoms. The number of hydrogen-bond acceptors (Lipinski definition) is 4. The minimum Gasteiger partial charge on any atom is -0.392 e. The average Bonchev–Trinajstić information content (AvgIpc) is 2.02.